The molecule has 1 aromatic carbocycles. The van der Waals surface area contributed by atoms with Crippen LogP contribution in [0, 0.1) is 4.77 Å². The minimum atomic E-state index is 0.203. The number of hydrogen-bond acceptors (Lipinski definition) is 4. The Morgan fingerprint density at radius 3 is 3.07 bits per heavy atom. The number of benzene rings is 1. The third-order valence-corrected chi connectivity index (χ3v) is 2.02. The Morgan fingerprint density at radius 1 is 1.53 bits per heavy atom. The van der Waals surface area contributed by atoms with Crippen molar-refractivity contribution in [2.45, 2.75) is 0 Å². The summed E-state index contributed by atoms with van der Waals surface area (Å²) in [5.41, 5.74) is 0.790. The maximum absolute atomic E-state index is 9.22. The van der Waals surface area contributed by atoms with Crippen LogP contribution in [-0.2, 0) is 0 Å². The summed E-state index contributed by atoms with van der Waals surface area (Å²) in [4.78, 5) is 0. The minimum Gasteiger partial charge on any atom is -0.508 e. The van der Waals surface area contributed by atoms with Crippen molar-refractivity contribution >= 4 is 18.4 Å². The van der Waals surface area contributed by atoms with Gasteiger partial charge in [0, 0.05) is 0 Å². The number of H-pyrrole nitrogens is 1. The number of aromatic nitrogens is 3. The molecule has 76 valence electrons. The van der Waals surface area contributed by atoms with Crippen molar-refractivity contribution in [3.8, 4) is 5.75 Å². The van der Waals surface area contributed by atoms with Crippen LogP contribution in [0.15, 0.2) is 35.7 Å². The molecule has 0 radical (unpaired) electrons. The maximum Gasteiger partial charge on any atom is 0.216 e. The second-order valence-electron chi connectivity index (χ2n) is 2.85. The fourth-order valence-electron chi connectivity index (χ4n) is 1.06. The predicted octanol–water partition coefficient (Wildman–Crippen LogP) is 1.53. The van der Waals surface area contributed by atoms with Crippen LogP contribution in [0.3, 0.4) is 0 Å². The molecule has 0 saturated heterocycles. The van der Waals surface area contributed by atoms with Crippen LogP contribution in [0.5, 0.6) is 5.75 Å². The Morgan fingerprint density at radius 2 is 2.40 bits per heavy atom. The number of rotatable bonds is 2. The molecule has 2 N–H and O–H groups in total. The van der Waals surface area contributed by atoms with E-state index in [1.807, 2.05) is 6.07 Å². The average Bonchev–Trinajstić information content (AvgIpc) is 2.61. The summed E-state index contributed by atoms with van der Waals surface area (Å²) in [6.07, 6.45) is 3.06. The van der Waals surface area contributed by atoms with Crippen LogP contribution >= 0.6 is 12.2 Å². The lowest BCUT2D eigenvalue weighted by Gasteiger charge is -1.94. The first-order valence-corrected chi connectivity index (χ1v) is 4.62. The first-order valence-electron chi connectivity index (χ1n) is 4.21. The molecule has 1 aromatic heterocycles. The molecule has 0 saturated carbocycles. The summed E-state index contributed by atoms with van der Waals surface area (Å²) in [5.74, 6) is 0.203. The van der Waals surface area contributed by atoms with Crippen molar-refractivity contribution in [2.75, 3.05) is 0 Å². The van der Waals surface area contributed by atoms with Crippen molar-refractivity contribution < 1.29 is 5.11 Å². The van der Waals surface area contributed by atoms with E-state index in [-0.39, 0.29) is 5.75 Å². The van der Waals surface area contributed by atoms with Gasteiger partial charge in [-0.3, -0.25) is 5.10 Å². The normalized spacial score (nSPS) is 10.9. The van der Waals surface area contributed by atoms with Crippen molar-refractivity contribution in [3.63, 3.8) is 0 Å². The van der Waals surface area contributed by atoms with E-state index in [4.69, 9.17) is 12.2 Å². The highest BCUT2D eigenvalue weighted by Crippen LogP contribution is 2.08. The summed E-state index contributed by atoms with van der Waals surface area (Å²) in [6.45, 7) is 0. The van der Waals surface area contributed by atoms with Crippen molar-refractivity contribution in [2.24, 2.45) is 5.10 Å². The lowest BCUT2D eigenvalue weighted by molar-refractivity contribution is 0.475. The topological polar surface area (TPSA) is 66.2 Å². The van der Waals surface area contributed by atoms with Crippen LogP contribution in [0.4, 0.5) is 0 Å². The van der Waals surface area contributed by atoms with Crippen LogP contribution in [0.25, 0.3) is 0 Å². The zero-order chi connectivity index (χ0) is 10.7. The molecule has 1 heterocycles. The Bertz CT molecular complexity index is 543. The van der Waals surface area contributed by atoms with E-state index in [1.54, 1.807) is 24.4 Å². The molecule has 0 amide bonds. The Kier molecular flexibility index (Phi) is 2.59. The zero-order valence-corrected chi connectivity index (χ0v) is 8.48. The van der Waals surface area contributed by atoms with Crippen LogP contribution in [0.1, 0.15) is 5.56 Å². The van der Waals surface area contributed by atoms with E-state index in [0.717, 1.165) is 5.56 Å². The van der Waals surface area contributed by atoms with E-state index in [1.165, 1.54) is 11.0 Å². The number of phenols is 1. The van der Waals surface area contributed by atoms with Gasteiger partial charge in [0.25, 0.3) is 0 Å². The molecule has 0 bridgehead atoms. The molecule has 0 aliphatic heterocycles. The number of aromatic hydroxyl groups is 1. The monoisotopic (exact) mass is 220 g/mol. The van der Waals surface area contributed by atoms with Gasteiger partial charge in [-0.2, -0.15) is 14.9 Å². The zero-order valence-electron chi connectivity index (χ0n) is 7.66. The van der Waals surface area contributed by atoms with E-state index in [2.05, 4.69) is 15.3 Å². The highest BCUT2D eigenvalue weighted by atomic mass is 32.1. The molecule has 0 unspecified atom stereocenters. The fourth-order valence-corrected chi connectivity index (χ4v) is 1.21. The molecular weight excluding hydrogens is 212 g/mol. The Labute approximate surface area is 90.7 Å². The van der Waals surface area contributed by atoms with E-state index in [0.29, 0.717) is 4.77 Å². The highest BCUT2D eigenvalue weighted by Gasteiger charge is 1.91. The second kappa shape index (κ2) is 4.05. The number of hydrogen-bond donors (Lipinski definition) is 2. The largest absolute Gasteiger partial charge is 0.508 e. The van der Waals surface area contributed by atoms with E-state index < -0.39 is 0 Å². The molecule has 0 atom stereocenters. The fraction of sp³-hybridized carbons (Fsp3) is 0. The smallest absolute Gasteiger partial charge is 0.216 e. The van der Waals surface area contributed by atoms with Gasteiger partial charge < -0.3 is 5.11 Å². The SMILES string of the molecule is Oc1cccc(/C=N/n2cn[nH]c2=S)c1. The minimum absolute atomic E-state index is 0.203. The molecule has 5 nitrogen and oxygen atoms in total. The second-order valence-corrected chi connectivity index (χ2v) is 3.23. The molecule has 0 spiro atoms. The van der Waals surface area contributed by atoms with E-state index in [9.17, 15) is 5.11 Å². The molecule has 0 aliphatic carbocycles. The number of nitrogens with zero attached hydrogens (tertiary/aromatic N) is 3. The summed E-state index contributed by atoms with van der Waals surface area (Å²) in [7, 11) is 0. The molecule has 15 heavy (non-hydrogen) atoms. The summed E-state index contributed by atoms with van der Waals surface area (Å²) >= 11 is 4.91. The van der Waals surface area contributed by atoms with Gasteiger partial charge in [0.05, 0.1) is 6.21 Å². The molecule has 2 rings (SSSR count). The Hall–Kier alpha value is -1.95. The number of aromatic amines is 1. The maximum atomic E-state index is 9.22. The van der Waals surface area contributed by atoms with E-state index >= 15 is 0 Å². The van der Waals surface area contributed by atoms with Crippen LogP contribution in [-0.4, -0.2) is 26.2 Å². The lowest BCUT2D eigenvalue weighted by Crippen LogP contribution is -1.88. The Balaban J connectivity index is 2.26. The number of nitrogens with one attached hydrogen (secondary N) is 1. The highest BCUT2D eigenvalue weighted by molar-refractivity contribution is 7.71. The molecular formula is C9H8N4OS. The van der Waals surface area contributed by atoms with Crippen LogP contribution < -0.4 is 0 Å². The molecule has 2 aromatic rings. The number of phenolic OH excluding ortho intramolecular Hbond substituents is 1. The average molecular weight is 220 g/mol. The standard InChI is InChI=1S/C9H8N4OS/c14-8-3-1-2-7(4-8)5-11-13-6-10-12-9(13)15/h1-6,14H,(H,12,15)/b11-5+. The van der Waals surface area contributed by atoms with Crippen LogP contribution in [0.2, 0.25) is 0 Å². The van der Waals surface area contributed by atoms with Crippen molar-refractivity contribution in [3.05, 3.63) is 40.9 Å². The first-order chi connectivity index (χ1) is 7.25. The van der Waals surface area contributed by atoms with Gasteiger partial charge >= 0.3 is 0 Å². The molecule has 0 fully saturated rings. The third-order valence-electron chi connectivity index (χ3n) is 1.74. The predicted molar refractivity (Wildman–Crippen MR) is 58.5 cm³/mol. The summed E-state index contributed by atoms with van der Waals surface area (Å²) in [6, 6.07) is 6.77. The van der Waals surface area contributed by atoms with Crippen molar-refractivity contribution in [1.29, 1.82) is 0 Å². The third kappa shape index (κ3) is 2.29. The van der Waals surface area contributed by atoms with Gasteiger partial charge in [-0.05, 0) is 29.9 Å². The van der Waals surface area contributed by atoms with Gasteiger partial charge in [-0.25, -0.2) is 0 Å². The van der Waals surface area contributed by atoms with Gasteiger partial charge in [0.15, 0.2) is 0 Å². The summed E-state index contributed by atoms with van der Waals surface area (Å²) in [5, 5.41) is 19.6. The summed E-state index contributed by atoms with van der Waals surface area (Å²) < 4.78 is 1.85. The van der Waals surface area contributed by atoms with Gasteiger partial charge in [-0.15, -0.1) is 0 Å². The van der Waals surface area contributed by atoms with Crippen molar-refractivity contribution in [1.82, 2.24) is 14.9 Å². The van der Waals surface area contributed by atoms with Gasteiger partial charge in [-0.1, -0.05) is 12.1 Å². The quantitative estimate of drug-likeness (QED) is 0.595. The molecule has 6 heteroatoms. The first kappa shape index (κ1) is 9.60. The molecule has 0 aliphatic rings. The van der Waals surface area contributed by atoms with Gasteiger partial charge in [0.1, 0.15) is 12.1 Å². The lowest BCUT2D eigenvalue weighted by atomic mass is 10.2. The van der Waals surface area contributed by atoms with Gasteiger partial charge in [0.2, 0.25) is 4.77 Å².